The second-order valence-corrected chi connectivity index (χ2v) is 4.99. The molecule has 0 aliphatic heterocycles. The molecule has 9 heteroatoms. The molecule has 1 aromatic carbocycles. The molecule has 7 nitrogen and oxygen atoms in total. The van der Waals surface area contributed by atoms with Gasteiger partial charge in [0, 0.05) is 22.8 Å². The molecule has 2 aromatic rings. The first-order chi connectivity index (χ1) is 9.90. The van der Waals surface area contributed by atoms with Gasteiger partial charge in [-0.25, -0.2) is 4.98 Å². The maximum absolute atomic E-state index is 11.2. The summed E-state index contributed by atoms with van der Waals surface area (Å²) in [5.74, 6) is 0.337. The van der Waals surface area contributed by atoms with Gasteiger partial charge in [-0.05, 0) is 25.1 Å². The van der Waals surface area contributed by atoms with Crippen molar-refractivity contribution in [1.82, 2.24) is 9.97 Å². The highest BCUT2D eigenvalue weighted by Gasteiger charge is 2.22. The van der Waals surface area contributed by atoms with Crippen LogP contribution in [0.5, 0.6) is 0 Å². The van der Waals surface area contributed by atoms with Gasteiger partial charge in [-0.1, -0.05) is 23.2 Å². The van der Waals surface area contributed by atoms with Crippen LogP contribution in [0.4, 0.5) is 23.1 Å². The molecular formula is C12H11Cl2N5O2. The number of benzene rings is 1. The van der Waals surface area contributed by atoms with E-state index in [0.29, 0.717) is 15.7 Å². The monoisotopic (exact) mass is 327 g/mol. The van der Waals surface area contributed by atoms with Crippen molar-refractivity contribution in [1.29, 1.82) is 0 Å². The molecule has 0 fully saturated rings. The van der Waals surface area contributed by atoms with Gasteiger partial charge in [-0.15, -0.1) is 0 Å². The molecule has 110 valence electrons. The molecule has 2 N–H and O–H groups in total. The van der Waals surface area contributed by atoms with Crippen LogP contribution in [0.2, 0.25) is 10.0 Å². The van der Waals surface area contributed by atoms with Crippen LogP contribution in [0, 0.1) is 17.0 Å². The number of aromatic nitrogens is 2. The molecule has 0 saturated heterocycles. The number of halogens is 2. The number of hydrogen-bond donors (Lipinski definition) is 2. The summed E-state index contributed by atoms with van der Waals surface area (Å²) < 4.78 is 0. The van der Waals surface area contributed by atoms with Gasteiger partial charge >= 0.3 is 5.69 Å². The van der Waals surface area contributed by atoms with E-state index >= 15 is 0 Å². The van der Waals surface area contributed by atoms with Gasteiger partial charge in [0.25, 0.3) is 0 Å². The van der Waals surface area contributed by atoms with Gasteiger partial charge in [0.05, 0.1) is 4.92 Å². The zero-order chi connectivity index (χ0) is 15.6. The third-order valence-corrected chi connectivity index (χ3v) is 3.03. The predicted octanol–water partition coefficient (Wildman–Crippen LogP) is 3.79. The maximum atomic E-state index is 11.2. The molecule has 0 saturated carbocycles. The van der Waals surface area contributed by atoms with E-state index in [1.807, 2.05) is 0 Å². The number of rotatable bonds is 4. The second-order valence-electron chi connectivity index (χ2n) is 4.12. The minimum absolute atomic E-state index is 0.0650. The lowest BCUT2D eigenvalue weighted by molar-refractivity contribution is -0.385. The smallest absolute Gasteiger partial charge is 0.332 e. The Bertz CT molecular complexity index is 688. The van der Waals surface area contributed by atoms with Gasteiger partial charge in [-0.2, -0.15) is 4.98 Å². The Morgan fingerprint density at radius 1 is 1.19 bits per heavy atom. The first-order valence-corrected chi connectivity index (χ1v) is 6.60. The quantitative estimate of drug-likeness (QED) is 0.655. The van der Waals surface area contributed by atoms with E-state index in [1.54, 1.807) is 25.2 Å². The van der Waals surface area contributed by atoms with Gasteiger partial charge in [0.2, 0.25) is 11.8 Å². The van der Waals surface area contributed by atoms with Crippen LogP contribution in [0.3, 0.4) is 0 Å². The molecule has 0 bridgehead atoms. The van der Waals surface area contributed by atoms with E-state index in [9.17, 15) is 10.1 Å². The summed E-state index contributed by atoms with van der Waals surface area (Å²) in [6.45, 7) is 1.54. The van der Waals surface area contributed by atoms with E-state index in [1.165, 1.54) is 6.92 Å². The average Bonchev–Trinajstić information content (AvgIpc) is 2.36. The third-order valence-electron chi connectivity index (χ3n) is 2.59. The molecule has 2 rings (SSSR count). The highest BCUT2D eigenvalue weighted by molar-refractivity contribution is 6.35. The van der Waals surface area contributed by atoms with E-state index in [4.69, 9.17) is 23.2 Å². The lowest BCUT2D eigenvalue weighted by Gasteiger charge is -2.10. The van der Waals surface area contributed by atoms with Gasteiger partial charge < -0.3 is 10.6 Å². The molecule has 0 atom stereocenters. The summed E-state index contributed by atoms with van der Waals surface area (Å²) in [5.41, 5.74) is 0.538. The Hall–Kier alpha value is -2.12. The number of hydrogen-bond acceptors (Lipinski definition) is 6. The number of anilines is 3. The summed E-state index contributed by atoms with van der Waals surface area (Å²) in [7, 11) is 1.63. The summed E-state index contributed by atoms with van der Waals surface area (Å²) in [5, 5.41) is 17.6. The van der Waals surface area contributed by atoms with Crippen molar-refractivity contribution in [2.75, 3.05) is 17.7 Å². The SMILES string of the molecule is CNc1nc(C)c([N+](=O)[O-])c(Nc2cc(Cl)cc(Cl)c2)n1. The zero-order valence-electron chi connectivity index (χ0n) is 11.1. The topological polar surface area (TPSA) is 93.0 Å². The fourth-order valence-corrected chi connectivity index (χ4v) is 2.27. The number of nitrogens with one attached hydrogen (secondary N) is 2. The highest BCUT2D eigenvalue weighted by atomic mass is 35.5. The van der Waals surface area contributed by atoms with Crippen molar-refractivity contribution >= 4 is 46.3 Å². The summed E-state index contributed by atoms with van der Waals surface area (Å²) in [6.07, 6.45) is 0. The highest BCUT2D eigenvalue weighted by Crippen LogP contribution is 2.31. The predicted molar refractivity (Wildman–Crippen MR) is 82.7 cm³/mol. The largest absolute Gasteiger partial charge is 0.357 e. The van der Waals surface area contributed by atoms with Crippen LogP contribution in [0.1, 0.15) is 5.69 Å². The Morgan fingerprint density at radius 2 is 1.81 bits per heavy atom. The van der Waals surface area contributed by atoms with Crippen LogP contribution in [-0.2, 0) is 0 Å². The van der Waals surface area contributed by atoms with Gasteiger partial charge in [0.15, 0.2) is 0 Å². The van der Waals surface area contributed by atoms with Crippen molar-refractivity contribution in [2.24, 2.45) is 0 Å². The van der Waals surface area contributed by atoms with Gasteiger partial charge in [0.1, 0.15) is 5.69 Å². The van der Waals surface area contributed by atoms with Crippen molar-refractivity contribution in [3.8, 4) is 0 Å². The summed E-state index contributed by atoms with van der Waals surface area (Å²) in [6, 6.07) is 4.74. The molecule has 0 unspecified atom stereocenters. The molecule has 21 heavy (non-hydrogen) atoms. The van der Waals surface area contributed by atoms with E-state index < -0.39 is 4.92 Å². The minimum Gasteiger partial charge on any atom is -0.357 e. The molecule has 1 aromatic heterocycles. The Morgan fingerprint density at radius 3 is 2.33 bits per heavy atom. The van der Waals surface area contributed by atoms with Gasteiger partial charge in [-0.3, -0.25) is 10.1 Å². The minimum atomic E-state index is -0.538. The molecule has 0 spiro atoms. The molecule has 0 aliphatic carbocycles. The second kappa shape index (κ2) is 6.11. The van der Waals surface area contributed by atoms with Crippen molar-refractivity contribution in [2.45, 2.75) is 6.92 Å². The normalized spacial score (nSPS) is 10.3. The molecule has 0 aliphatic rings. The molecule has 0 radical (unpaired) electrons. The Kier molecular flexibility index (Phi) is 4.44. The first kappa shape index (κ1) is 15.3. The van der Waals surface area contributed by atoms with Crippen LogP contribution in [0.25, 0.3) is 0 Å². The Balaban J connectivity index is 2.51. The number of nitrogens with zero attached hydrogens (tertiary/aromatic N) is 3. The average molecular weight is 328 g/mol. The summed E-state index contributed by atoms with van der Waals surface area (Å²) in [4.78, 5) is 18.7. The number of aryl methyl sites for hydroxylation is 1. The van der Waals surface area contributed by atoms with E-state index in [2.05, 4.69) is 20.6 Å². The lowest BCUT2D eigenvalue weighted by atomic mass is 10.3. The lowest BCUT2D eigenvalue weighted by Crippen LogP contribution is -2.07. The maximum Gasteiger partial charge on any atom is 0.332 e. The van der Waals surface area contributed by atoms with Crippen LogP contribution in [0.15, 0.2) is 18.2 Å². The van der Waals surface area contributed by atoms with Crippen molar-refractivity contribution in [3.05, 3.63) is 44.1 Å². The third kappa shape index (κ3) is 3.50. The van der Waals surface area contributed by atoms with Crippen molar-refractivity contribution < 1.29 is 4.92 Å². The standard InChI is InChI=1S/C12H11Cl2N5O2/c1-6-10(19(20)21)11(18-12(15-2)16-6)17-9-4-7(13)3-8(14)5-9/h3-5H,1-2H3,(H2,15,16,17,18). The fourth-order valence-electron chi connectivity index (χ4n) is 1.75. The van der Waals surface area contributed by atoms with Crippen LogP contribution >= 0.6 is 23.2 Å². The van der Waals surface area contributed by atoms with Crippen LogP contribution in [-0.4, -0.2) is 21.9 Å². The Labute approximate surface area is 130 Å². The zero-order valence-corrected chi connectivity index (χ0v) is 12.7. The fraction of sp³-hybridized carbons (Fsp3) is 0.167. The first-order valence-electron chi connectivity index (χ1n) is 5.84. The summed E-state index contributed by atoms with van der Waals surface area (Å²) >= 11 is 11.8. The van der Waals surface area contributed by atoms with E-state index in [-0.39, 0.29) is 23.1 Å². The molecular weight excluding hydrogens is 317 g/mol. The van der Waals surface area contributed by atoms with E-state index in [0.717, 1.165) is 0 Å². The molecule has 0 amide bonds. The van der Waals surface area contributed by atoms with Crippen molar-refractivity contribution in [3.63, 3.8) is 0 Å². The number of nitro groups is 1. The van der Waals surface area contributed by atoms with Crippen LogP contribution < -0.4 is 10.6 Å². The molecule has 1 heterocycles.